The molecule has 2 aromatic carbocycles. The van der Waals surface area contributed by atoms with Crippen LogP contribution in [0.25, 0.3) is 0 Å². The third-order valence-corrected chi connectivity index (χ3v) is 7.28. The zero-order chi connectivity index (χ0) is 22.0. The van der Waals surface area contributed by atoms with Gasteiger partial charge in [-0.2, -0.15) is 0 Å². The van der Waals surface area contributed by atoms with E-state index in [1.54, 1.807) is 18.0 Å². The van der Waals surface area contributed by atoms with Gasteiger partial charge in [-0.3, -0.25) is 4.79 Å². The Kier molecular flexibility index (Phi) is 8.13. The summed E-state index contributed by atoms with van der Waals surface area (Å²) in [5.41, 5.74) is 3.10. The van der Waals surface area contributed by atoms with Gasteiger partial charge < -0.3 is 10.6 Å². The molecule has 0 aliphatic rings. The van der Waals surface area contributed by atoms with Crippen LogP contribution in [0.15, 0.2) is 88.4 Å². The number of hydrogen-bond acceptors (Lipinski definition) is 8. The van der Waals surface area contributed by atoms with Crippen molar-refractivity contribution in [1.82, 2.24) is 15.2 Å². The highest BCUT2D eigenvalue weighted by molar-refractivity contribution is 8.01. The van der Waals surface area contributed by atoms with Gasteiger partial charge in [-0.05, 0) is 35.4 Å². The fourth-order valence-electron chi connectivity index (χ4n) is 2.77. The van der Waals surface area contributed by atoms with Crippen molar-refractivity contribution in [2.45, 2.75) is 21.7 Å². The highest BCUT2D eigenvalue weighted by atomic mass is 32.2. The van der Waals surface area contributed by atoms with Crippen molar-refractivity contribution < 1.29 is 4.79 Å². The number of amides is 1. The Morgan fingerprint density at radius 2 is 1.75 bits per heavy atom. The minimum atomic E-state index is -0.0708. The van der Waals surface area contributed by atoms with E-state index in [0.717, 1.165) is 31.5 Å². The number of nitrogens with zero attached hydrogens (tertiary/aromatic N) is 3. The van der Waals surface area contributed by atoms with Crippen LogP contribution in [0.3, 0.4) is 0 Å². The number of pyridine rings is 1. The van der Waals surface area contributed by atoms with Crippen molar-refractivity contribution in [1.29, 1.82) is 0 Å². The minimum absolute atomic E-state index is 0.0708. The Hall–Kier alpha value is -2.88. The molecule has 0 spiro atoms. The van der Waals surface area contributed by atoms with E-state index in [-0.39, 0.29) is 11.7 Å². The lowest BCUT2D eigenvalue weighted by atomic mass is 10.2. The third kappa shape index (κ3) is 7.08. The maximum Gasteiger partial charge on any atom is 0.234 e. The van der Waals surface area contributed by atoms with Crippen molar-refractivity contribution >= 4 is 51.6 Å². The van der Waals surface area contributed by atoms with Crippen LogP contribution in [0.2, 0.25) is 0 Å². The fraction of sp³-hybridized carbons (Fsp3) is 0.130. The molecule has 32 heavy (non-hydrogen) atoms. The second-order valence-corrected chi connectivity index (χ2v) is 9.90. The number of anilines is 2. The molecule has 0 aliphatic carbocycles. The first-order valence-corrected chi connectivity index (χ1v) is 12.7. The molecule has 2 N–H and O–H groups in total. The molecule has 0 saturated carbocycles. The molecule has 6 nitrogen and oxygen atoms in total. The number of thioether (sulfide) groups is 2. The summed E-state index contributed by atoms with van der Waals surface area (Å²) < 4.78 is 0.760. The molecule has 2 heterocycles. The first-order valence-electron chi connectivity index (χ1n) is 9.91. The number of benzene rings is 2. The largest absolute Gasteiger partial charge is 0.356 e. The van der Waals surface area contributed by atoms with Crippen molar-refractivity contribution in [2.24, 2.45) is 0 Å². The van der Waals surface area contributed by atoms with Crippen LogP contribution in [-0.4, -0.2) is 26.8 Å². The summed E-state index contributed by atoms with van der Waals surface area (Å²) in [4.78, 5) is 16.7. The summed E-state index contributed by atoms with van der Waals surface area (Å²) in [6.07, 6.45) is 1.79. The number of carbonyl (C=O) groups is 1. The monoisotopic (exact) mass is 479 g/mol. The molecule has 2 aromatic heterocycles. The molecule has 162 valence electrons. The van der Waals surface area contributed by atoms with Crippen molar-refractivity contribution in [3.8, 4) is 0 Å². The van der Waals surface area contributed by atoms with Gasteiger partial charge in [0.15, 0.2) is 4.34 Å². The Bertz CT molecular complexity index is 1140. The molecule has 9 heteroatoms. The molecule has 1 amide bonds. The van der Waals surface area contributed by atoms with Crippen LogP contribution in [0.5, 0.6) is 0 Å². The third-order valence-electron chi connectivity index (χ3n) is 4.25. The van der Waals surface area contributed by atoms with E-state index in [9.17, 15) is 4.79 Å². The van der Waals surface area contributed by atoms with E-state index in [1.165, 1.54) is 28.7 Å². The van der Waals surface area contributed by atoms with Crippen LogP contribution >= 0.6 is 34.9 Å². The summed E-state index contributed by atoms with van der Waals surface area (Å²) in [5.74, 6) is 0.998. The Morgan fingerprint density at radius 3 is 2.59 bits per heavy atom. The van der Waals surface area contributed by atoms with E-state index >= 15 is 0 Å². The molecule has 0 radical (unpaired) electrons. The van der Waals surface area contributed by atoms with Crippen molar-refractivity contribution in [3.63, 3.8) is 0 Å². The van der Waals surface area contributed by atoms with Gasteiger partial charge in [0, 0.05) is 24.2 Å². The van der Waals surface area contributed by atoms with Gasteiger partial charge in [0.1, 0.15) is 0 Å². The van der Waals surface area contributed by atoms with E-state index in [2.05, 4.69) is 37.9 Å². The molecule has 0 aliphatic heterocycles. The maximum absolute atomic E-state index is 12.4. The molecule has 0 unspecified atom stereocenters. The smallest absolute Gasteiger partial charge is 0.234 e. The van der Waals surface area contributed by atoms with Gasteiger partial charge in [0.2, 0.25) is 11.0 Å². The second kappa shape index (κ2) is 11.7. The normalized spacial score (nSPS) is 10.6. The van der Waals surface area contributed by atoms with Crippen LogP contribution in [0.1, 0.15) is 11.1 Å². The van der Waals surface area contributed by atoms with Crippen LogP contribution in [0, 0.1) is 0 Å². The molecule has 4 aromatic rings. The average molecular weight is 480 g/mol. The highest BCUT2D eigenvalue weighted by Gasteiger charge is 2.09. The quantitative estimate of drug-likeness (QED) is 0.288. The number of hydrogen-bond donors (Lipinski definition) is 2. The molecular weight excluding hydrogens is 458 g/mol. The number of aromatic nitrogens is 3. The van der Waals surface area contributed by atoms with Gasteiger partial charge in [-0.1, -0.05) is 71.6 Å². The van der Waals surface area contributed by atoms with E-state index in [1.807, 2.05) is 60.7 Å². The van der Waals surface area contributed by atoms with Crippen molar-refractivity contribution in [2.75, 3.05) is 16.4 Å². The summed E-state index contributed by atoms with van der Waals surface area (Å²) in [6, 6.07) is 23.9. The number of rotatable bonds is 10. The predicted molar refractivity (Wildman–Crippen MR) is 133 cm³/mol. The van der Waals surface area contributed by atoms with Gasteiger partial charge in [-0.15, -0.1) is 22.0 Å². The summed E-state index contributed by atoms with van der Waals surface area (Å²) in [7, 11) is 0. The van der Waals surface area contributed by atoms with E-state index in [0.29, 0.717) is 6.54 Å². The van der Waals surface area contributed by atoms with Crippen LogP contribution < -0.4 is 10.6 Å². The Balaban J connectivity index is 1.22. The maximum atomic E-state index is 12.4. The number of carbonyl (C=O) groups excluding carboxylic acids is 1. The van der Waals surface area contributed by atoms with Crippen LogP contribution in [-0.2, 0) is 17.1 Å². The second-order valence-electron chi connectivity index (χ2n) is 6.71. The fourth-order valence-corrected chi connectivity index (χ4v) is 5.12. The molecule has 0 saturated heterocycles. The number of nitrogens with one attached hydrogen (secondary N) is 2. The molecular formula is C23H21N5OS3. The summed E-state index contributed by atoms with van der Waals surface area (Å²) >= 11 is 4.50. The van der Waals surface area contributed by atoms with Gasteiger partial charge in [-0.25, -0.2) is 4.98 Å². The van der Waals surface area contributed by atoms with Gasteiger partial charge >= 0.3 is 0 Å². The van der Waals surface area contributed by atoms with Gasteiger partial charge in [0.05, 0.1) is 10.8 Å². The van der Waals surface area contributed by atoms with Gasteiger partial charge in [0.25, 0.3) is 0 Å². The Labute approximate surface area is 199 Å². The highest BCUT2D eigenvalue weighted by Crippen LogP contribution is 2.26. The minimum Gasteiger partial charge on any atom is -0.356 e. The molecule has 4 rings (SSSR count). The standard InChI is InChI=1S/C23H21N5OS3/c29-20(16-31-23-28-27-22(32-23)25-14-17-7-2-1-3-8-17)26-19-10-6-9-18(13-19)15-30-21-11-4-5-12-24-21/h1-13H,14-16H2,(H,25,27)(H,26,29). The Morgan fingerprint density at radius 1 is 0.906 bits per heavy atom. The van der Waals surface area contributed by atoms with E-state index < -0.39 is 0 Å². The van der Waals surface area contributed by atoms with Crippen LogP contribution in [0.4, 0.5) is 10.8 Å². The lowest BCUT2D eigenvalue weighted by molar-refractivity contribution is -0.113. The SMILES string of the molecule is O=C(CSc1nnc(NCc2ccccc2)s1)Nc1cccc(CSc2ccccn2)c1. The van der Waals surface area contributed by atoms with Crippen molar-refractivity contribution in [3.05, 3.63) is 90.1 Å². The first kappa shape index (κ1) is 22.3. The first-order chi connectivity index (χ1) is 15.7. The average Bonchev–Trinajstić information content (AvgIpc) is 3.30. The van der Waals surface area contributed by atoms with E-state index in [4.69, 9.17) is 0 Å². The molecule has 0 atom stereocenters. The zero-order valence-electron chi connectivity index (χ0n) is 17.1. The summed E-state index contributed by atoms with van der Waals surface area (Å²) in [5, 5.41) is 16.3. The lowest BCUT2D eigenvalue weighted by Gasteiger charge is -2.07. The lowest BCUT2D eigenvalue weighted by Crippen LogP contribution is -2.14. The zero-order valence-corrected chi connectivity index (χ0v) is 19.6. The molecule has 0 fully saturated rings. The summed E-state index contributed by atoms with van der Waals surface area (Å²) in [6.45, 7) is 0.690. The topological polar surface area (TPSA) is 79.8 Å². The predicted octanol–water partition coefficient (Wildman–Crippen LogP) is 5.57. The molecule has 0 bridgehead atoms.